The molecule has 29 heavy (non-hydrogen) atoms. The number of rotatable bonds is 5. The number of thioether (sulfide) groups is 1. The number of carbonyl (C=O) groups is 2. The lowest BCUT2D eigenvalue weighted by Gasteiger charge is -2.47. The number of amides is 1. The fraction of sp³-hybridized carbons (Fsp3) is 0.636. The molecule has 0 bridgehead atoms. The van der Waals surface area contributed by atoms with Crippen LogP contribution in [0.25, 0.3) is 0 Å². The van der Waals surface area contributed by atoms with Crippen LogP contribution in [-0.2, 0) is 20.7 Å². The molecule has 0 aromatic heterocycles. The van der Waals surface area contributed by atoms with Crippen LogP contribution in [-0.4, -0.2) is 55.2 Å². The normalized spacial score (nSPS) is 30.3. The van der Waals surface area contributed by atoms with Gasteiger partial charge in [0.05, 0.1) is 27.4 Å². The first kappa shape index (κ1) is 20.4. The van der Waals surface area contributed by atoms with Gasteiger partial charge in [0.2, 0.25) is 5.91 Å². The number of methoxy groups -OCH3 is 3. The van der Waals surface area contributed by atoms with Crippen LogP contribution < -0.4 is 9.47 Å². The lowest BCUT2D eigenvalue weighted by atomic mass is 9.61. The van der Waals surface area contributed by atoms with Crippen molar-refractivity contribution in [1.82, 2.24) is 4.90 Å². The maximum atomic E-state index is 13.8. The van der Waals surface area contributed by atoms with Gasteiger partial charge in [0.25, 0.3) is 0 Å². The minimum Gasteiger partial charge on any atom is -0.493 e. The summed E-state index contributed by atoms with van der Waals surface area (Å²) in [7, 11) is 4.68. The monoisotopic (exact) mass is 419 g/mol. The molecule has 2 fully saturated rings. The molecule has 2 aliphatic heterocycles. The van der Waals surface area contributed by atoms with Crippen LogP contribution >= 0.6 is 11.8 Å². The molecule has 1 aromatic rings. The van der Waals surface area contributed by atoms with Crippen molar-refractivity contribution in [3.05, 3.63) is 23.3 Å². The summed E-state index contributed by atoms with van der Waals surface area (Å²) in [6, 6.07) is 3.63. The highest BCUT2D eigenvalue weighted by Gasteiger charge is 2.74. The number of carbonyl (C=O) groups excluding carboxylic acids is 2. The highest BCUT2D eigenvalue weighted by atomic mass is 32.2. The van der Waals surface area contributed by atoms with E-state index < -0.39 is 10.2 Å². The second-order valence-electron chi connectivity index (χ2n) is 7.99. The third-order valence-electron chi connectivity index (χ3n) is 6.96. The Morgan fingerprint density at radius 3 is 2.52 bits per heavy atom. The van der Waals surface area contributed by atoms with Crippen LogP contribution in [0.2, 0.25) is 0 Å². The van der Waals surface area contributed by atoms with Crippen molar-refractivity contribution in [3.63, 3.8) is 0 Å². The summed E-state index contributed by atoms with van der Waals surface area (Å²) in [5.74, 6) is 1.91. The number of hydrogen-bond donors (Lipinski definition) is 0. The first-order valence-electron chi connectivity index (χ1n) is 10.3. The Morgan fingerprint density at radius 2 is 1.86 bits per heavy atom. The van der Waals surface area contributed by atoms with E-state index in [0.717, 1.165) is 42.6 Å². The van der Waals surface area contributed by atoms with Crippen LogP contribution in [0.5, 0.6) is 11.5 Å². The van der Waals surface area contributed by atoms with Crippen molar-refractivity contribution >= 4 is 23.6 Å². The molecule has 0 radical (unpaired) electrons. The number of fused-ring (bicyclic) bond motifs is 5. The third-order valence-corrected chi connectivity index (χ3v) is 8.48. The van der Waals surface area contributed by atoms with E-state index in [1.54, 1.807) is 26.0 Å². The standard InChI is InChI=1S/C22H29NO5S/c1-5-29-22-10-7-6-9-21(22,20(25)28-4)18-15-13-17(27-3)16(26-2)12-14(15)8-11-23(18)19(22)24/h12-13,18H,5-11H2,1-4H3/t18-,21+,22+/m0/s1. The van der Waals surface area contributed by atoms with Crippen LogP contribution in [0.4, 0.5) is 0 Å². The Morgan fingerprint density at radius 1 is 1.17 bits per heavy atom. The van der Waals surface area contributed by atoms with Gasteiger partial charge in [-0.15, -0.1) is 11.8 Å². The molecule has 1 aliphatic carbocycles. The Balaban J connectivity index is 1.98. The number of benzene rings is 1. The quantitative estimate of drug-likeness (QED) is 0.682. The highest BCUT2D eigenvalue weighted by molar-refractivity contribution is 8.01. The summed E-state index contributed by atoms with van der Waals surface area (Å²) in [6.07, 6.45) is 3.99. The second kappa shape index (κ2) is 7.42. The van der Waals surface area contributed by atoms with Gasteiger partial charge in [-0.2, -0.15) is 0 Å². The predicted octanol–water partition coefficient (Wildman–Crippen LogP) is 3.37. The fourth-order valence-electron chi connectivity index (χ4n) is 5.86. The summed E-state index contributed by atoms with van der Waals surface area (Å²) in [5, 5.41) is 0. The lowest BCUT2D eigenvalue weighted by molar-refractivity contribution is -0.158. The Kier molecular flexibility index (Phi) is 5.21. The largest absolute Gasteiger partial charge is 0.493 e. The van der Waals surface area contributed by atoms with Gasteiger partial charge in [0.1, 0.15) is 10.2 Å². The lowest BCUT2D eigenvalue weighted by Crippen LogP contribution is -2.55. The second-order valence-corrected chi connectivity index (χ2v) is 9.55. The molecular formula is C22H29NO5S. The third kappa shape index (κ3) is 2.55. The van der Waals surface area contributed by atoms with E-state index in [1.807, 2.05) is 17.0 Å². The van der Waals surface area contributed by atoms with E-state index in [0.29, 0.717) is 24.5 Å². The van der Waals surface area contributed by atoms with Crippen LogP contribution in [0, 0.1) is 5.41 Å². The molecule has 6 nitrogen and oxygen atoms in total. The molecule has 3 aliphatic rings. The van der Waals surface area contributed by atoms with Crippen molar-refractivity contribution in [1.29, 1.82) is 0 Å². The van der Waals surface area contributed by atoms with E-state index in [2.05, 4.69) is 6.92 Å². The summed E-state index contributed by atoms with van der Waals surface area (Å²) in [5.41, 5.74) is 1.22. The van der Waals surface area contributed by atoms with Gasteiger partial charge in [0.15, 0.2) is 11.5 Å². The molecule has 0 spiro atoms. The average Bonchev–Trinajstić information content (AvgIpc) is 2.98. The van der Waals surface area contributed by atoms with Gasteiger partial charge < -0.3 is 19.1 Å². The van der Waals surface area contributed by atoms with Gasteiger partial charge in [0, 0.05) is 6.54 Å². The van der Waals surface area contributed by atoms with Gasteiger partial charge >= 0.3 is 5.97 Å². The Hall–Kier alpha value is -1.89. The molecule has 158 valence electrons. The topological polar surface area (TPSA) is 65.1 Å². The van der Waals surface area contributed by atoms with Crippen LogP contribution in [0.15, 0.2) is 12.1 Å². The molecule has 1 amide bonds. The van der Waals surface area contributed by atoms with Gasteiger partial charge in [-0.05, 0) is 48.3 Å². The Labute approximate surface area is 176 Å². The van der Waals surface area contributed by atoms with E-state index in [4.69, 9.17) is 14.2 Å². The molecule has 1 saturated carbocycles. The molecular weight excluding hydrogens is 390 g/mol. The van der Waals surface area contributed by atoms with Crippen LogP contribution in [0.3, 0.4) is 0 Å². The number of hydrogen-bond acceptors (Lipinski definition) is 6. The van der Waals surface area contributed by atoms with Crippen molar-refractivity contribution in [2.24, 2.45) is 5.41 Å². The van der Waals surface area contributed by atoms with Crippen molar-refractivity contribution in [3.8, 4) is 11.5 Å². The highest BCUT2D eigenvalue weighted by Crippen LogP contribution is 2.67. The van der Waals surface area contributed by atoms with Gasteiger partial charge in [-0.1, -0.05) is 19.8 Å². The number of ether oxygens (including phenoxy) is 3. The van der Waals surface area contributed by atoms with E-state index in [1.165, 1.54) is 7.11 Å². The molecule has 4 rings (SSSR count). The Bertz CT molecular complexity index is 839. The molecule has 0 unspecified atom stereocenters. The molecule has 1 aromatic carbocycles. The van der Waals surface area contributed by atoms with Crippen molar-refractivity contribution in [2.75, 3.05) is 33.6 Å². The minimum atomic E-state index is -0.882. The predicted molar refractivity (Wildman–Crippen MR) is 111 cm³/mol. The molecule has 0 N–H and O–H groups in total. The van der Waals surface area contributed by atoms with E-state index in [9.17, 15) is 9.59 Å². The smallest absolute Gasteiger partial charge is 0.316 e. The van der Waals surface area contributed by atoms with E-state index in [-0.39, 0.29) is 17.9 Å². The summed E-state index contributed by atoms with van der Waals surface area (Å²) >= 11 is 1.63. The molecule has 1 saturated heterocycles. The maximum Gasteiger partial charge on any atom is 0.316 e. The molecule has 2 heterocycles. The zero-order valence-electron chi connectivity index (χ0n) is 17.6. The SMILES string of the molecule is CCS[C@@]12CCCC[C@]1(C(=O)OC)[C@@H]1c3cc(OC)c(OC)cc3CCN1C2=O. The zero-order valence-corrected chi connectivity index (χ0v) is 18.4. The van der Waals surface area contributed by atoms with E-state index >= 15 is 0 Å². The summed E-state index contributed by atoms with van der Waals surface area (Å²) < 4.78 is 15.7. The van der Waals surface area contributed by atoms with Crippen molar-refractivity contribution < 1.29 is 23.8 Å². The van der Waals surface area contributed by atoms with Gasteiger partial charge in [-0.3, -0.25) is 9.59 Å². The average molecular weight is 420 g/mol. The van der Waals surface area contributed by atoms with Crippen LogP contribution in [0.1, 0.15) is 49.8 Å². The van der Waals surface area contributed by atoms with Crippen molar-refractivity contribution in [2.45, 2.75) is 49.8 Å². The first-order chi connectivity index (χ1) is 14.0. The summed E-state index contributed by atoms with van der Waals surface area (Å²) in [6.45, 7) is 2.67. The van der Waals surface area contributed by atoms with Gasteiger partial charge in [-0.25, -0.2) is 0 Å². The first-order valence-corrected chi connectivity index (χ1v) is 11.3. The number of nitrogens with zero attached hydrogens (tertiary/aromatic N) is 1. The minimum absolute atomic E-state index is 0.0971. The zero-order chi connectivity index (χ0) is 20.8. The number of esters is 1. The molecule has 7 heteroatoms. The maximum absolute atomic E-state index is 13.8. The summed E-state index contributed by atoms with van der Waals surface area (Å²) in [4.78, 5) is 29.3. The fourth-order valence-corrected chi connectivity index (χ4v) is 7.43. The molecule has 3 atom stereocenters.